The van der Waals surface area contributed by atoms with E-state index in [0.29, 0.717) is 18.6 Å². The molecule has 0 aromatic heterocycles. The molecule has 1 aliphatic heterocycles. The Bertz CT molecular complexity index is 506. The van der Waals surface area contributed by atoms with Crippen molar-refractivity contribution in [2.45, 2.75) is 43.9 Å². The lowest BCUT2D eigenvalue weighted by molar-refractivity contribution is -0.165. The van der Waals surface area contributed by atoms with Crippen LogP contribution in [0.15, 0.2) is 30.3 Å². The number of carbonyl (C=O) groups is 2. The molecule has 1 N–H and O–H groups in total. The molecule has 1 aromatic rings. The second kappa shape index (κ2) is 6.26. The largest absolute Gasteiger partial charge is 0.445 e. The molecule has 5 heteroatoms. The number of ether oxygens (including phenoxy) is 2. The van der Waals surface area contributed by atoms with E-state index in [2.05, 4.69) is 5.32 Å². The lowest BCUT2D eigenvalue weighted by Gasteiger charge is -2.19. The van der Waals surface area contributed by atoms with Gasteiger partial charge in [-0.25, -0.2) is 4.79 Å². The molecule has 2 aliphatic rings. The minimum absolute atomic E-state index is 0.227. The Morgan fingerprint density at radius 2 is 1.95 bits per heavy atom. The molecule has 112 valence electrons. The van der Waals surface area contributed by atoms with Gasteiger partial charge in [-0.15, -0.1) is 0 Å². The van der Waals surface area contributed by atoms with Crippen molar-refractivity contribution >= 4 is 11.9 Å². The van der Waals surface area contributed by atoms with Crippen LogP contribution in [0.1, 0.15) is 37.4 Å². The second-order valence-electron chi connectivity index (χ2n) is 5.51. The summed E-state index contributed by atoms with van der Waals surface area (Å²) in [6, 6.07) is 9.32. The van der Waals surface area contributed by atoms with Crippen LogP contribution in [0.3, 0.4) is 0 Å². The highest BCUT2D eigenvalue weighted by Gasteiger charge is 2.33. The standard InChI is InChI=1S/C16H19NO4/c18-15(17-12-8-9-12)14(11-5-2-1-3-6-11)21-16(19)13-7-4-10-20-13/h1-3,5-6,12-14H,4,7-10H2,(H,17,18). The van der Waals surface area contributed by atoms with Gasteiger partial charge in [0.05, 0.1) is 0 Å². The molecule has 2 unspecified atom stereocenters. The number of benzene rings is 1. The van der Waals surface area contributed by atoms with Gasteiger partial charge >= 0.3 is 5.97 Å². The molecule has 2 atom stereocenters. The molecule has 1 amide bonds. The Labute approximate surface area is 123 Å². The van der Waals surface area contributed by atoms with Crippen molar-refractivity contribution in [2.24, 2.45) is 0 Å². The summed E-state index contributed by atoms with van der Waals surface area (Å²) in [4.78, 5) is 24.4. The molecule has 1 saturated carbocycles. The van der Waals surface area contributed by atoms with E-state index in [1.54, 1.807) is 12.1 Å². The van der Waals surface area contributed by atoms with Crippen LogP contribution in [0.5, 0.6) is 0 Å². The zero-order valence-corrected chi connectivity index (χ0v) is 11.8. The maximum Gasteiger partial charge on any atom is 0.336 e. The molecule has 2 fully saturated rings. The Morgan fingerprint density at radius 1 is 1.19 bits per heavy atom. The number of amides is 1. The molecule has 21 heavy (non-hydrogen) atoms. The van der Waals surface area contributed by atoms with Crippen molar-refractivity contribution in [1.29, 1.82) is 0 Å². The van der Waals surface area contributed by atoms with Gasteiger partial charge in [-0.3, -0.25) is 4.79 Å². The quantitative estimate of drug-likeness (QED) is 0.838. The molecule has 1 aliphatic carbocycles. The third-order valence-electron chi connectivity index (χ3n) is 3.69. The maximum atomic E-state index is 12.3. The molecule has 0 spiro atoms. The number of carbonyl (C=O) groups excluding carboxylic acids is 2. The highest BCUT2D eigenvalue weighted by Crippen LogP contribution is 2.24. The molecule has 5 nitrogen and oxygen atoms in total. The van der Waals surface area contributed by atoms with Gasteiger partial charge in [0, 0.05) is 18.2 Å². The Hall–Kier alpha value is -1.88. The van der Waals surface area contributed by atoms with Gasteiger partial charge in [0.15, 0.2) is 6.10 Å². The van der Waals surface area contributed by atoms with Crippen LogP contribution in [-0.4, -0.2) is 30.6 Å². The first-order chi connectivity index (χ1) is 10.2. The van der Waals surface area contributed by atoms with E-state index in [1.165, 1.54) is 0 Å². The summed E-state index contributed by atoms with van der Waals surface area (Å²) >= 11 is 0. The summed E-state index contributed by atoms with van der Waals surface area (Å²) in [5.74, 6) is -0.706. The number of rotatable bonds is 5. The molecule has 0 bridgehead atoms. The SMILES string of the molecule is O=C(OC(C(=O)NC1CC1)c1ccccc1)C1CCCO1. The average molecular weight is 289 g/mol. The van der Waals surface area contributed by atoms with Crippen LogP contribution < -0.4 is 5.32 Å². The Kier molecular flexibility index (Phi) is 4.20. The fourth-order valence-electron chi connectivity index (χ4n) is 2.36. The molecular weight excluding hydrogens is 270 g/mol. The van der Waals surface area contributed by atoms with E-state index in [0.717, 1.165) is 19.3 Å². The summed E-state index contributed by atoms with van der Waals surface area (Å²) in [6.07, 6.45) is 2.06. The number of hydrogen-bond donors (Lipinski definition) is 1. The van der Waals surface area contributed by atoms with Crippen LogP contribution >= 0.6 is 0 Å². The first-order valence-corrected chi connectivity index (χ1v) is 7.41. The normalized spacial score (nSPS) is 22.6. The topological polar surface area (TPSA) is 64.6 Å². The van der Waals surface area contributed by atoms with Crippen molar-refractivity contribution in [3.05, 3.63) is 35.9 Å². The summed E-state index contributed by atoms with van der Waals surface area (Å²) < 4.78 is 10.8. The predicted molar refractivity (Wildman–Crippen MR) is 75.4 cm³/mol. The van der Waals surface area contributed by atoms with Crippen molar-refractivity contribution in [3.63, 3.8) is 0 Å². The average Bonchev–Trinajstić information content (AvgIpc) is 3.15. The summed E-state index contributed by atoms with van der Waals surface area (Å²) in [5, 5.41) is 2.89. The molecule has 3 rings (SSSR count). The van der Waals surface area contributed by atoms with Crippen LogP contribution in [0, 0.1) is 0 Å². The maximum absolute atomic E-state index is 12.3. The Morgan fingerprint density at radius 3 is 2.57 bits per heavy atom. The monoisotopic (exact) mass is 289 g/mol. The predicted octanol–water partition coefficient (Wildman–Crippen LogP) is 1.73. The molecule has 0 radical (unpaired) electrons. The van der Waals surface area contributed by atoms with Crippen LogP contribution in [0.2, 0.25) is 0 Å². The van der Waals surface area contributed by atoms with Crippen LogP contribution in [0.25, 0.3) is 0 Å². The minimum atomic E-state index is -0.900. The lowest BCUT2D eigenvalue weighted by Crippen LogP contribution is -2.35. The van der Waals surface area contributed by atoms with Crippen LogP contribution in [-0.2, 0) is 19.1 Å². The molecule has 1 aromatic carbocycles. The Balaban J connectivity index is 1.71. The van der Waals surface area contributed by atoms with Crippen molar-refractivity contribution < 1.29 is 19.1 Å². The van der Waals surface area contributed by atoms with E-state index in [4.69, 9.17) is 9.47 Å². The van der Waals surface area contributed by atoms with E-state index in [9.17, 15) is 9.59 Å². The van der Waals surface area contributed by atoms with Gasteiger partial charge in [0.1, 0.15) is 0 Å². The smallest absolute Gasteiger partial charge is 0.336 e. The van der Waals surface area contributed by atoms with Crippen molar-refractivity contribution in [2.75, 3.05) is 6.61 Å². The van der Waals surface area contributed by atoms with Gasteiger partial charge in [-0.1, -0.05) is 30.3 Å². The molecular formula is C16H19NO4. The highest BCUT2D eigenvalue weighted by molar-refractivity contribution is 5.86. The third kappa shape index (κ3) is 3.61. The van der Waals surface area contributed by atoms with Gasteiger partial charge in [0.2, 0.25) is 6.10 Å². The first kappa shape index (κ1) is 14.1. The van der Waals surface area contributed by atoms with Gasteiger partial charge in [-0.2, -0.15) is 0 Å². The van der Waals surface area contributed by atoms with E-state index in [1.807, 2.05) is 18.2 Å². The summed E-state index contributed by atoms with van der Waals surface area (Å²) in [5.41, 5.74) is 0.682. The number of nitrogens with one attached hydrogen (secondary N) is 1. The second-order valence-corrected chi connectivity index (χ2v) is 5.51. The lowest BCUT2D eigenvalue weighted by atomic mass is 10.1. The van der Waals surface area contributed by atoms with Crippen LogP contribution in [0.4, 0.5) is 0 Å². The summed E-state index contributed by atoms with van der Waals surface area (Å²) in [7, 11) is 0. The fraction of sp³-hybridized carbons (Fsp3) is 0.500. The molecule has 1 saturated heterocycles. The van der Waals surface area contributed by atoms with E-state index < -0.39 is 18.2 Å². The zero-order valence-electron chi connectivity index (χ0n) is 11.8. The van der Waals surface area contributed by atoms with Gasteiger partial charge in [0.25, 0.3) is 5.91 Å². The van der Waals surface area contributed by atoms with Gasteiger partial charge in [-0.05, 0) is 25.7 Å². The summed E-state index contributed by atoms with van der Waals surface area (Å²) in [6.45, 7) is 0.573. The third-order valence-corrected chi connectivity index (χ3v) is 3.69. The highest BCUT2D eigenvalue weighted by atomic mass is 16.6. The zero-order chi connectivity index (χ0) is 14.7. The number of hydrogen-bond acceptors (Lipinski definition) is 4. The molecule has 1 heterocycles. The van der Waals surface area contributed by atoms with E-state index >= 15 is 0 Å². The van der Waals surface area contributed by atoms with Gasteiger partial charge < -0.3 is 14.8 Å². The van der Waals surface area contributed by atoms with Crippen molar-refractivity contribution in [1.82, 2.24) is 5.32 Å². The fourth-order valence-corrected chi connectivity index (χ4v) is 2.36. The minimum Gasteiger partial charge on any atom is -0.445 e. The number of esters is 1. The van der Waals surface area contributed by atoms with Crippen molar-refractivity contribution in [3.8, 4) is 0 Å². The van der Waals surface area contributed by atoms with E-state index in [-0.39, 0.29) is 11.9 Å². The first-order valence-electron chi connectivity index (χ1n) is 7.41.